The van der Waals surface area contributed by atoms with Gasteiger partial charge in [0.15, 0.2) is 0 Å². The molecule has 28 heavy (non-hydrogen) atoms. The molecule has 0 unspecified atom stereocenters. The first kappa shape index (κ1) is 18.5. The maximum absolute atomic E-state index is 13.0. The highest BCUT2D eigenvalue weighted by atomic mass is 32.2. The number of ether oxygens (including phenoxy) is 1. The van der Waals surface area contributed by atoms with Crippen molar-refractivity contribution in [3.05, 3.63) is 39.9 Å². The first-order valence-electron chi connectivity index (χ1n) is 7.62. The summed E-state index contributed by atoms with van der Waals surface area (Å²) in [7, 11) is 1.51. The van der Waals surface area contributed by atoms with E-state index >= 15 is 0 Å². The number of aromatic nitrogens is 3. The van der Waals surface area contributed by atoms with Gasteiger partial charge in [0.1, 0.15) is 5.75 Å². The van der Waals surface area contributed by atoms with Crippen molar-refractivity contribution in [1.82, 2.24) is 19.9 Å². The van der Waals surface area contributed by atoms with Crippen LogP contribution in [-0.2, 0) is 11.0 Å². The summed E-state index contributed by atoms with van der Waals surface area (Å²) < 4.78 is 45.2. The highest BCUT2D eigenvalue weighted by Gasteiger charge is 2.37. The average molecular weight is 426 g/mol. The first-order valence-corrected chi connectivity index (χ1v) is 9.25. The van der Waals surface area contributed by atoms with Crippen LogP contribution in [-0.4, -0.2) is 32.9 Å². The summed E-state index contributed by atoms with van der Waals surface area (Å²) in [5.74, 6) is -0.0320. The topological polar surface area (TPSA) is 85.6 Å². The molecule has 2 aromatic heterocycles. The van der Waals surface area contributed by atoms with E-state index in [0.29, 0.717) is 40.1 Å². The molecule has 1 fully saturated rings. The number of nitrogens with one attached hydrogen (secondary N) is 1. The number of halogens is 3. The summed E-state index contributed by atoms with van der Waals surface area (Å²) in [6.07, 6.45) is -3.31. The van der Waals surface area contributed by atoms with Crippen molar-refractivity contribution < 1.29 is 27.5 Å². The fraction of sp³-hybridized carbons (Fsp3) is 0.125. The van der Waals surface area contributed by atoms with Gasteiger partial charge in [-0.15, -0.1) is 5.10 Å². The Morgan fingerprint density at radius 2 is 1.93 bits per heavy atom. The SMILES string of the molecule is COc1ccc(-c2nc3sc(C(F)(F)F)nn3c2/C=C2\SC(=O)NC2=O)cc1. The number of hydrogen-bond acceptors (Lipinski definition) is 7. The molecule has 0 saturated carbocycles. The van der Waals surface area contributed by atoms with Crippen LogP contribution in [0, 0.1) is 0 Å². The highest BCUT2D eigenvalue weighted by Crippen LogP contribution is 2.37. The zero-order valence-corrected chi connectivity index (χ0v) is 15.5. The summed E-state index contributed by atoms with van der Waals surface area (Å²) in [5, 5.41) is 4.09. The molecule has 0 spiro atoms. The maximum Gasteiger partial charge on any atom is 0.445 e. The average Bonchev–Trinajstić information content (AvgIpc) is 3.29. The normalized spacial score (nSPS) is 16.2. The summed E-state index contributed by atoms with van der Waals surface area (Å²) >= 11 is 1.04. The van der Waals surface area contributed by atoms with E-state index < -0.39 is 22.3 Å². The Balaban J connectivity index is 1.91. The van der Waals surface area contributed by atoms with Gasteiger partial charge < -0.3 is 4.74 Å². The number of fused-ring (bicyclic) bond motifs is 1. The Kier molecular flexibility index (Phi) is 4.38. The van der Waals surface area contributed by atoms with Gasteiger partial charge in [-0.3, -0.25) is 14.9 Å². The summed E-state index contributed by atoms with van der Waals surface area (Å²) in [6.45, 7) is 0. The molecule has 0 bridgehead atoms. The van der Waals surface area contributed by atoms with E-state index in [0.717, 1.165) is 4.52 Å². The fourth-order valence-electron chi connectivity index (χ4n) is 2.51. The number of carbonyl (C=O) groups excluding carboxylic acids is 2. The number of imide groups is 1. The molecule has 1 saturated heterocycles. The number of carbonyl (C=O) groups is 2. The summed E-state index contributed by atoms with van der Waals surface area (Å²) in [4.78, 5) is 27.6. The van der Waals surface area contributed by atoms with Crippen molar-refractivity contribution in [1.29, 1.82) is 0 Å². The molecule has 1 aliphatic heterocycles. The fourth-order valence-corrected chi connectivity index (χ4v) is 3.95. The number of alkyl halides is 3. The second-order valence-electron chi connectivity index (χ2n) is 5.53. The monoisotopic (exact) mass is 426 g/mol. The van der Waals surface area contributed by atoms with Gasteiger partial charge in [-0.25, -0.2) is 9.50 Å². The number of hydrogen-bond donors (Lipinski definition) is 1. The molecule has 1 N–H and O–H groups in total. The highest BCUT2D eigenvalue weighted by molar-refractivity contribution is 8.18. The van der Waals surface area contributed by atoms with Gasteiger partial charge >= 0.3 is 6.18 Å². The second kappa shape index (κ2) is 6.63. The van der Waals surface area contributed by atoms with Crippen molar-refractivity contribution in [2.75, 3.05) is 7.11 Å². The van der Waals surface area contributed by atoms with Gasteiger partial charge in [-0.2, -0.15) is 13.2 Å². The standard InChI is InChI=1S/C16H9F3N4O3S2/c1-26-8-4-2-7(3-5-8)11-9(6-10-12(24)21-15(25)27-10)23-14(20-11)28-13(22-23)16(17,18)19/h2-6H,1H3,(H,21,24,25)/b10-6-. The quantitative estimate of drug-likeness (QED) is 0.641. The first-order chi connectivity index (χ1) is 13.3. The van der Waals surface area contributed by atoms with E-state index in [4.69, 9.17) is 4.74 Å². The summed E-state index contributed by atoms with van der Waals surface area (Å²) in [6, 6.07) is 6.72. The number of nitrogens with zero attached hydrogens (tertiary/aromatic N) is 3. The van der Waals surface area contributed by atoms with Crippen molar-refractivity contribution in [3.63, 3.8) is 0 Å². The Bertz CT molecular complexity index is 1130. The van der Waals surface area contributed by atoms with E-state index in [2.05, 4.69) is 15.4 Å². The molecule has 1 aromatic carbocycles. The maximum atomic E-state index is 13.0. The van der Waals surface area contributed by atoms with Crippen molar-refractivity contribution in [3.8, 4) is 17.0 Å². The minimum atomic E-state index is -4.62. The van der Waals surface area contributed by atoms with Gasteiger partial charge in [0.05, 0.1) is 23.4 Å². The molecular weight excluding hydrogens is 417 g/mol. The molecule has 144 valence electrons. The van der Waals surface area contributed by atoms with Crippen LogP contribution in [0.25, 0.3) is 22.3 Å². The minimum absolute atomic E-state index is 0.0136. The second-order valence-corrected chi connectivity index (χ2v) is 7.50. The molecule has 0 radical (unpaired) electrons. The predicted octanol–water partition coefficient (Wildman–Crippen LogP) is 3.81. The van der Waals surface area contributed by atoms with Crippen LogP contribution in [0.3, 0.4) is 0 Å². The van der Waals surface area contributed by atoms with Crippen LogP contribution in [0.1, 0.15) is 10.7 Å². The lowest BCUT2D eigenvalue weighted by molar-refractivity contribution is -0.138. The van der Waals surface area contributed by atoms with E-state index in [1.54, 1.807) is 24.3 Å². The van der Waals surface area contributed by atoms with Gasteiger partial charge in [0.25, 0.3) is 11.1 Å². The van der Waals surface area contributed by atoms with Crippen molar-refractivity contribution in [2.24, 2.45) is 0 Å². The molecule has 2 amide bonds. The van der Waals surface area contributed by atoms with Crippen LogP contribution in [0.2, 0.25) is 0 Å². The lowest BCUT2D eigenvalue weighted by Gasteiger charge is -2.03. The van der Waals surface area contributed by atoms with E-state index in [-0.39, 0.29) is 15.6 Å². The lowest BCUT2D eigenvalue weighted by Crippen LogP contribution is -2.17. The van der Waals surface area contributed by atoms with E-state index in [1.165, 1.54) is 13.2 Å². The Labute approximate surface area is 163 Å². The number of benzene rings is 1. The van der Waals surface area contributed by atoms with Gasteiger partial charge in [0, 0.05) is 5.56 Å². The Morgan fingerprint density at radius 1 is 1.21 bits per heavy atom. The minimum Gasteiger partial charge on any atom is -0.497 e. The zero-order chi connectivity index (χ0) is 20.1. The third-order valence-electron chi connectivity index (χ3n) is 3.75. The van der Waals surface area contributed by atoms with Crippen LogP contribution in [0.5, 0.6) is 5.75 Å². The van der Waals surface area contributed by atoms with Crippen LogP contribution in [0.15, 0.2) is 29.2 Å². The molecule has 0 aliphatic carbocycles. The Morgan fingerprint density at radius 3 is 2.50 bits per heavy atom. The molecule has 7 nitrogen and oxygen atoms in total. The third-order valence-corrected chi connectivity index (χ3v) is 5.52. The number of thioether (sulfide) groups is 1. The Hall–Kier alpha value is -2.86. The molecule has 1 aliphatic rings. The zero-order valence-electron chi connectivity index (χ0n) is 13.9. The van der Waals surface area contributed by atoms with Crippen LogP contribution in [0.4, 0.5) is 18.0 Å². The number of amides is 2. The van der Waals surface area contributed by atoms with Gasteiger partial charge in [0.2, 0.25) is 9.97 Å². The number of methoxy groups -OCH3 is 1. The molecule has 4 rings (SSSR count). The smallest absolute Gasteiger partial charge is 0.445 e. The van der Waals surface area contributed by atoms with Gasteiger partial charge in [-0.05, 0) is 42.1 Å². The summed E-state index contributed by atoms with van der Waals surface area (Å²) in [5.41, 5.74) is 1.09. The van der Waals surface area contributed by atoms with Crippen molar-refractivity contribution in [2.45, 2.75) is 6.18 Å². The van der Waals surface area contributed by atoms with Crippen molar-refractivity contribution >= 4 is 45.3 Å². The largest absolute Gasteiger partial charge is 0.497 e. The van der Waals surface area contributed by atoms with Crippen LogP contribution >= 0.6 is 23.1 Å². The molecule has 12 heteroatoms. The number of imidazole rings is 1. The van der Waals surface area contributed by atoms with Crippen LogP contribution < -0.4 is 10.1 Å². The lowest BCUT2D eigenvalue weighted by atomic mass is 10.1. The number of rotatable bonds is 3. The van der Waals surface area contributed by atoms with Gasteiger partial charge in [-0.1, -0.05) is 11.3 Å². The molecular formula is C16H9F3N4O3S2. The molecule has 3 aromatic rings. The van der Waals surface area contributed by atoms with E-state index in [9.17, 15) is 22.8 Å². The predicted molar refractivity (Wildman–Crippen MR) is 97.0 cm³/mol. The molecule has 0 atom stereocenters. The van der Waals surface area contributed by atoms with E-state index in [1.807, 2.05) is 0 Å². The molecule has 3 heterocycles. The third kappa shape index (κ3) is 3.24.